The molecule has 3 heteroatoms. The summed E-state index contributed by atoms with van der Waals surface area (Å²) in [5.74, 6) is 0.805. The number of aryl methyl sites for hydroxylation is 2. The van der Waals surface area contributed by atoms with E-state index in [2.05, 4.69) is 5.32 Å². The zero-order valence-electron chi connectivity index (χ0n) is 13.6. The van der Waals surface area contributed by atoms with Crippen molar-refractivity contribution < 1.29 is 9.53 Å². The lowest BCUT2D eigenvalue weighted by Gasteiger charge is -2.11. The quantitative estimate of drug-likeness (QED) is 0.905. The standard InChI is InChI=1S/C19H23NO2/c1-13(2)22-17-8-6-16(7-9-17)12-20-19(21)18-10-5-14(3)11-15(18)4/h5-11,13H,12H2,1-4H3,(H,20,21). The minimum absolute atomic E-state index is 0.0417. The smallest absolute Gasteiger partial charge is 0.251 e. The Morgan fingerprint density at radius 2 is 1.77 bits per heavy atom. The van der Waals surface area contributed by atoms with Crippen LogP contribution in [0, 0.1) is 13.8 Å². The van der Waals surface area contributed by atoms with E-state index in [1.807, 2.05) is 70.2 Å². The summed E-state index contributed by atoms with van der Waals surface area (Å²) in [6.07, 6.45) is 0.162. The minimum Gasteiger partial charge on any atom is -0.491 e. The molecule has 0 unspecified atom stereocenters. The number of carbonyl (C=O) groups excluding carboxylic acids is 1. The van der Waals surface area contributed by atoms with Gasteiger partial charge < -0.3 is 10.1 Å². The molecule has 0 atom stereocenters. The number of nitrogens with one attached hydrogen (secondary N) is 1. The van der Waals surface area contributed by atoms with Crippen molar-refractivity contribution in [1.82, 2.24) is 5.32 Å². The van der Waals surface area contributed by atoms with E-state index in [-0.39, 0.29) is 12.0 Å². The van der Waals surface area contributed by atoms with Crippen LogP contribution in [0.5, 0.6) is 5.75 Å². The second kappa shape index (κ2) is 7.12. The molecule has 3 nitrogen and oxygen atoms in total. The second-order valence-corrected chi connectivity index (χ2v) is 5.81. The minimum atomic E-state index is -0.0417. The van der Waals surface area contributed by atoms with Crippen molar-refractivity contribution in [3.05, 3.63) is 64.7 Å². The number of carbonyl (C=O) groups is 1. The summed E-state index contributed by atoms with van der Waals surface area (Å²) >= 11 is 0. The fraction of sp³-hybridized carbons (Fsp3) is 0.316. The average molecular weight is 297 g/mol. The van der Waals surface area contributed by atoms with Gasteiger partial charge in [0.15, 0.2) is 0 Å². The second-order valence-electron chi connectivity index (χ2n) is 5.81. The van der Waals surface area contributed by atoms with E-state index >= 15 is 0 Å². The van der Waals surface area contributed by atoms with Crippen molar-refractivity contribution >= 4 is 5.91 Å². The van der Waals surface area contributed by atoms with E-state index in [0.29, 0.717) is 6.54 Å². The summed E-state index contributed by atoms with van der Waals surface area (Å²) in [5.41, 5.74) is 3.94. The van der Waals surface area contributed by atoms with Crippen molar-refractivity contribution in [2.45, 2.75) is 40.3 Å². The van der Waals surface area contributed by atoms with Crippen molar-refractivity contribution in [2.24, 2.45) is 0 Å². The molecule has 0 saturated carbocycles. The zero-order valence-corrected chi connectivity index (χ0v) is 13.6. The first-order valence-corrected chi connectivity index (χ1v) is 7.57. The first-order chi connectivity index (χ1) is 10.5. The molecule has 0 aliphatic rings. The van der Waals surface area contributed by atoms with Gasteiger partial charge in [0.1, 0.15) is 5.75 Å². The summed E-state index contributed by atoms with van der Waals surface area (Å²) in [6.45, 7) is 8.49. The summed E-state index contributed by atoms with van der Waals surface area (Å²) in [7, 11) is 0. The van der Waals surface area contributed by atoms with Gasteiger partial charge in [0.2, 0.25) is 0 Å². The Kier molecular flexibility index (Phi) is 5.21. The van der Waals surface area contributed by atoms with Crippen LogP contribution < -0.4 is 10.1 Å². The number of amides is 1. The molecule has 116 valence electrons. The monoisotopic (exact) mass is 297 g/mol. The van der Waals surface area contributed by atoms with Crippen molar-refractivity contribution in [2.75, 3.05) is 0 Å². The van der Waals surface area contributed by atoms with Gasteiger partial charge in [-0.3, -0.25) is 4.79 Å². The zero-order chi connectivity index (χ0) is 16.1. The maximum Gasteiger partial charge on any atom is 0.251 e. The van der Waals surface area contributed by atoms with E-state index in [1.54, 1.807) is 0 Å². The largest absolute Gasteiger partial charge is 0.491 e. The van der Waals surface area contributed by atoms with E-state index in [4.69, 9.17) is 4.74 Å². The van der Waals surface area contributed by atoms with Gasteiger partial charge in [0.25, 0.3) is 5.91 Å². The lowest BCUT2D eigenvalue weighted by Crippen LogP contribution is -2.23. The molecule has 0 aliphatic carbocycles. The molecular formula is C19H23NO2. The molecule has 2 aromatic rings. The van der Waals surface area contributed by atoms with Crippen LogP contribution in [0.3, 0.4) is 0 Å². The summed E-state index contributed by atoms with van der Waals surface area (Å²) in [6, 6.07) is 13.7. The van der Waals surface area contributed by atoms with Crippen molar-refractivity contribution in [3.8, 4) is 5.75 Å². The molecule has 2 aromatic carbocycles. The van der Waals surface area contributed by atoms with Crippen LogP contribution >= 0.6 is 0 Å². The molecule has 0 saturated heterocycles. The normalized spacial score (nSPS) is 10.6. The molecule has 22 heavy (non-hydrogen) atoms. The highest BCUT2D eigenvalue weighted by Crippen LogP contribution is 2.14. The number of hydrogen-bond donors (Lipinski definition) is 1. The molecule has 1 N–H and O–H groups in total. The molecule has 0 fully saturated rings. The third-order valence-electron chi connectivity index (χ3n) is 3.37. The molecule has 0 radical (unpaired) electrons. The Bertz CT molecular complexity index is 645. The average Bonchev–Trinajstić information content (AvgIpc) is 2.45. The van der Waals surface area contributed by atoms with Gasteiger partial charge in [-0.05, 0) is 57.0 Å². The Morgan fingerprint density at radius 1 is 1.09 bits per heavy atom. The van der Waals surface area contributed by atoms with Gasteiger partial charge in [-0.25, -0.2) is 0 Å². The van der Waals surface area contributed by atoms with Gasteiger partial charge in [-0.2, -0.15) is 0 Å². The maximum atomic E-state index is 12.2. The van der Waals surface area contributed by atoms with Gasteiger partial charge >= 0.3 is 0 Å². The van der Waals surface area contributed by atoms with Gasteiger partial charge in [0, 0.05) is 12.1 Å². The molecule has 2 rings (SSSR count). The number of rotatable bonds is 5. The highest BCUT2D eigenvalue weighted by Gasteiger charge is 2.08. The number of ether oxygens (including phenoxy) is 1. The van der Waals surface area contributed by atoms with Crippen LogP contribution in [-0.4, -0.2) is 12.0 Å². The maximum absolute atomic E-state index is 12.2. The van der Waals surface area contributed by atoms with Crippen LogP contribution in [0.1, 0.15) is 40.9 Å². The van der Waals surface area contributed by atoms with Crippen LogP contribution in [0.4, 0.5) is 0 Å². The molecule has 0 heterocycles. The Hall–Kier alpha value is -2.29. The fourth-order valence-corrected chi connectivity index (χ4v) is 2.30. The Labute approximate surface area is 132 Å². The summed E-state index contributed by atoms with van der Waals surface area (Å²) in [4.78, 5) is 12.2. The lowest BCUT2D eigenvalue weighted by atomic mass is 10.1. The highest BCUT2D eigenvalue weighted by atomic mass is 16.5. The third-order valence-corrected chi connectivity index (χ3v) is 3.37. The molecule has 0 aromatic heterocycles. The van der Waals surface area contributed by atoms with E-state index in [1.165, 1.54) is 0 Å². The van der Waals surface area contributed by atoms with E-state index in [9.17, 15) is 4.79 Å². The predicted octanol–water partition coefficient (Wildman–Crippen LogP) is 4.02. The van der Waals surface area contributed by atoms with Gasteiger partial charge in [-0.15, -0.1) is 0 Å². The van der Waals surface area contributed by atoms with Crippen LogP contribution in [-0.2, 0) is 6.54 Å². The molecule has 0 bridgehead atoms. The fourth-order valence-electron chi connectivity index (χ4n) is 2.30. The first kappa shape index (κ1) is 16.1. The van der Waals surface area contributed by atoms with Gasteiger partial charge in [-0.1, -0.05) is 29.8 Å². The molecule has 0 spiro atoms. The van der Waals surface area contributed by atoms with Crippen molar-refractivity contribution in [1.29, 1.82) is 0 Å². The van der Waals surface area contributed by atoms with Gasteiger partial charge in [0.05, 0.1) is 6.10 Å². The number of hydrogen-bond acceptors (Lipinski definition) is 2. The number of benzene rings is 2. The third kappa shape index (κ3) is 4.35. The highest BCUT2D eigenvalue weighted by molar-refractivity contribution is 5.95. The summed E-state index contributed by atoms with van der Waals surface area (Å²) in [5, 5.41) is 2.96. The SMILES string of the molecule is Cc1ccc(C(=O)NCc2ccc(OC(C)C)cc2)c(C)c1. The molecule has 1 amide bonds. The Morgan fingerprint density at radius 3 is 2.36 bits per heavy atom. The summed E-state index contributed by atoms with van der Waals surface area (Å²) < 4.78 is 5.60. The van der Waals surface area contributed by atoms with Crippen LogP contribution in [0.15, 0.2) is 42.5 Å². The lowest BCUT2D eigenvalue weighted by molar-refractivity contribution is 0.0950. The topological polar surface area (TPSA) is 38.3 Å². The van der Waals surface area contributed by atoms with E-state index in [0.717, 1.165) is 28.0 Å². The predicted molar refractivity (Wildman–Crippen MR) is 89.3 cm³/mol. The Balaban J connectivity index is 1.96. The molecule has 0 aliphatic heterocycles. The van der Waals surface area contributed by atoms with Crippen molar-refractivity contribution in [3.63, 3.8) is 0 Å². The first-order valence-electron chi connectivity index (χ1n) is 7.57. The van der Waals surface area contributed by atoms with E-state index < -0.39 is 0 Å². The van der Waals surface area contributed by atoms with Crippen LogP contribution in [0.25, 0.3) is 0 Å². The van der Waals surface area contributed by atoms with Crippen LogP contribution in [0.2, 0.25) is 0 Å². The molecular weight excluding hydrogens is 274 g/mol.